The largest absolute Gasteiger partial charge is 0.497 e. The molecule has 0 bridgehead atoms. The Kier molecular flexibility index (Phi) is 6.73. The quantitative estimate of drug-likeness (QED) is 0.367. The Morgan fingerprint density at radius 2 is 1.79 bits per heavy atom. The molecule has 0 radical (unpaired) electrons. The minimum absolute atomic E-state index is 0.225. The molecule has 8 heteroatoms. The van der Waals surface area contributed by atoms with Crippen molar-refractivity contribution >= 4 is 5.91 Å². The normalized spacial score (nSPS) is 10.8. The van der Waals surface area contributed by atoms with E-state index < -0.39 is 0 Å². The fourth-order valence-electron chi connectivity index (χ4n) is 3.47. The Morgan fingerprint density at radius 3 is 2.55 bits per heavy atom. The van der Waals surface area contributed by atoms with E-state index in [0.717, 1.165) is 23.4 Å². The SMILES string of the molecule is COc1ccc(OC)c(-c2cc(C(=O)N(C)CCCc3cc(-c4ccccc4)no3)no2)c1. The maximum absolute atomic E-state index is 12.8. The Labute approximate surface area is 191 Å². The van der Waals surface area contributed by atoms with Gasteiger partial charge >= 0.3 is 0 Å². The Morgan fingerprint density at radius 1 is 0.970 bits per heavy atom. The molecular formula is C25H25N3O5. The van der Waals surface area contributed by atoms with E-state index in [9.17, 15) is 4.79 Å². The number of methoxy groups -OCH3 is 2. The van der Waals surface area contributed by atoms with E-state index in [2.05, 4.69) is 10.3 Å². The van der Waals surface area contributed by atoms with Crippen LogP contribution in [0.2, 0.25) is 0 Å². The van der Waals surface area contributed by atoms with Gasteiger partial charge < -0.3 is 23.4 Å². The van der Waals surface area contributed by atoms with Crippen LogP contribution in [0.5, 0.6) is 11.5 Å². The van der Waals surface area contributed by atoms with Gasteiger partial charge in [0, 0.05) is 37.7 Å². The Balaban J connectivity index is 1.36. The highest BCUT2D eigenvalue weighted by Crippen LogP contribution is 2.33. The summed E-state index contributed by atoms with van der Waals surface area (Å²) < 4.78 is 21.5. The lowest BCUT2D eigenvalue weighted by atomic mass is 10.1. The predicted molar refractivity (Wildman–Crippen MR) is 122 cm³/mol. The lowest BCUT2D eigenvalue weighted by Gasteiger charge is -2.14. The van der Waals surface area contributed by atoms with Gasteiger partial charge in [0.15, 0.2) is 11.5 Å². The van der Waals surface area contributed by atoms with Crippen molar-refractivity contribution in [2.75, 3.05) is 27.8 Å². The van der Waals surface area contributed by atoms with Crippen LogP contribution in [0.3, 0.4) is 0 Å². The van der Waals surface area contributed by atoms with Crippen molar-refractivity contribution in [2.24, 2.45) is 0 Å². The highest BCUT2D eigenvalue weighted by atomic mass is 16.5. The van der Waals surface area contributed by atoms with E-state index in [1.54, 1.807) is 50.4 Å². The molecule has 0 N–H and O–H groups in total. The van der Waals surface area contributed by atoms with Crippen molar-refractivity contribution in [2.45, 2.75) is 12.8 Å². The molecule has 0 spiro atoms. The van der Waals surface area contributed by atoms with Crippen LogP contribution in [-0.4, -0.2) is 48.9 Å². The third-order valence-corrected chi connectivity index (χ3v) is 5.29. The molecule has 1 amide bonds. The molecule has 0 aliphatic heterocycles. The van der Waals surface area contributed by atoms with Gasteiger partial charge in [-0.1, -0.05) is 40.6 Å². The topological polar surface area (TPSA) is 90.8 Å². The molecular weight excluding hydrogens is 422 g/mol. The number of carbonyl (C=O) groups excluding carboxylic acids is 1. The predicted octanol–water partition coefficient (Wildman–Crippen LogP) is 4.72. The first-order valence-corrected chi connectivity index (χ1v) is 10.5. The van der Waals surface area contributed by atoms with E-state index >= 15 is 0 Å². The number of ether oxygens (including phenoxy) is 2. The summed E-state index contributed by atoms with van der Waals surface area (Å²) in [4.78, 5) is 14.4. The molecule has 0 atom stereocenters. The van der Waals surface area contributed by atoms with Gasteiger partial charge in [-0.2, -0.15) is 0 Å². The number of aryl methyl sites for hydroxylation is 1. The van der Waals surface area contributed by atoms with Crippen LogP contribution < -0.4 is 9.47 Å². The van der Waals surface area contributed by atoms with Gasteiger partial charge in [0.25, 0.3) is 5.91 Å². The number of nitrogens with zero attached hydrogens (tertiary/aromatic N) is 3. The lowest BCUT2D eigenvalue weighted by molar-refractivity contribution is 0.0782. The summed E-state index contributed by atoms with van der Waals surface area (Å²) in [6.07, 6.45) is 1.39. The van der Waals surface area contributed by atoms with Crippen LogP contribution in [0.25, 0.3) is 22.6 Å². The van der Waals surface area contributed by atoms with Gasteiger partial charge in [-0.05, 0) is 24.6 Å². The zero-order valence-corrected chi connectivity index (χ0v) is 18.8. The van der Waals surface area contributed by atoms with Crippen molar-refractivity contribution in [1.29, 1.82) is 0 Å². The van der Waals surface area contributed by atoms with Crippen molar-refractivity contribution in [3.8, 4) is 34.1 Å². The van der Waals surface area contributed by atoms with Crippen LogP contribution >= 0.6 is 0 Å². The highest BCUT2D eigenvalue weighted by Gasteiger charge is 2.20. The number of rotatable bonds is 9. The lowest BCUT2D eigenvalue weighted by Crippen LogP contribution is -2.28. The van der Waals surface area contributed by atoms with Gasteiger partial charge in [-0.15, -0.1) is 0 Å². The van der Waals surface area contributed by atoms with Crippen LogP contribution in [0.15, 0.2) is 69.7 Å². The fraction of sp³-hybridized carbons (Fsp3) is 0.240. The molecule has 2 heterocycles. The van der Waals surface area contributed by atoms with Crippen molar-refractivity contribution in [3.63, 3.8) is 0 Å². The summed E-state index contributed by atoms with van der Waals surface area (Å²) in [6.45, 7) is 0.533. The molecule has 4 rings (SSSR count). The summed E-state index contributed by atoms with van der Waals surface area (Å²) >= 11 is 0. The van der Waals surface area contributed by atoms with Gasteiger partial charge in [0.2, 0.25) is 0 Å². The van der Waals surface area contributed by atoms with Gasteiger partial charge in [-0.25, -0.2) is 0 Å². The number of aromatic nitrogens is 2. The average Bonchev–Trinajstić information content (AvgIpc) is 3.54. The van der Waals surface area contributed by atoms with Crippen molar-refractivity contribution < 1.29 is 23.3 Å². The highest BCUT2D eigenvalue weighted by molar-refractivity contribution is 5.93. The number of carbonyl (C=O) groups is 1. The van der Waals surface area contributed by atoms with E-state index in [1.807, 2.05) is 36.4 Å². The number of hydrogen-bond donors (Lipinski definition) is 0. The molecule has 0 unspecified atom stereocenters. The van der Waals surface area contributed by atoms with Crippen molar-refractivity contribution in [1.82, 2.24) is 15.2 Å². The third kappa shape index (κ3) is 5.06. The van der Waals surface area contributed by atoms with E-state index in [4.69, 9.17) is 18.5 Å². The Bertz CT molecular complexity index is 1220. The molecule has 0 saturated heterocycles. The standard InChI is InChI=1S/C25H25N3O5/c1-28(13-7-10-19-15-21(26-32-19)17-8-5-4-6-9-17)25(29)22-16-24(33-27-22)20-14-18(30-2)11-12-23(20)31-3/h4-6,8-9,11-12,14-16H,7,10,13H2,1-3H3. The van der Waals surface area contributed by atoms with Crippen LogP contribution in [0.1, 0.15) is 22.7 Å². The van der Waals surface area contributed by atoms with Gasteiger partial charge in [-0.3, -0.25) is 4.79 Å². The summed E-state index contributed by atoms with van der Waals surface area (Å²) in [5.41, 5.74) is 2.70. The van der Waals surface area contributed by atoms with Crippen molar-refractivity contribution in [3.05, 3.63) is 72.1 Å². The molecule has 4 aromatic rings. The molecule has 170 valence electrons. The molecule has 2 aromatic carbocycles. The van der Waals surface area contributed by atoms with Gasteiger partial charge in [0.05, 0.1) is 19.8 Å². The summed E-state index contributed by atoms with van der Waals surface area (Å²) in [7, 11) is 4.88. The summed E-state index contributed by atoms with van der Waals surface area (Å²) in [5, 5.41) is 8.08. The number of amides is 1. The number of hydrogen-bond acceptors (Lipinski definition) is 7. The second-order valence-corrected chi connectivity index (χ2v) is 7.52. The zero-order chi connectivity index (χ0) is 23.2. The minimum atomic E-state index is -0.227. The minimum Gasteiger partial charge on any atom is -0.497 e. The molecule has 8 nitrogen and oxygen atoms in total. The monoisotopic (exact) mass is 447 g/mol. The first kappa shape index (κ1) is 22.1. The molecule has 0 fully saturated rings. The summed E-state index contributed by atoms with van der Waals surface area (Å²) in [6, 6.07) is 18.7. The second kappa shape index (κ2) is 10.0. The molecule has 0 aliphatic rings. The Hall–Kier alpha value is -4.07. The molecule has 0 saturated carbocycles. The second-order valence-electron chi connectivity index (χ2n) is 7.52. The fourth-order valence-corrected chi connectivity index (χ4v) is 3.47. The maximum atomic E-state index is 12.8. The van der Waals surface area contributed by atoms with Crippen LogP contribution in [0.4, 0.5) is 0 Å². The molecule has 2 aromatic heterocycles. The van der Waals surface area contributed by atoms with Crippen LogP contribution in [-0.2, 0) is 6.42 Å². The molecule has 0 aliphatic carbocycles. The number of benzene rings is 2. The van der Waals surface area contributed by atoms with E-state index in [1.165, 1.54) is 0 Å². The van der Waals surface area contributed by atoms with E-state index in [-0.39, 0.29) is 11.6 Å². The summed E-state index contributed by atoms with van der Waals surface area (Å²) in [5.74, 6) is 2.23. The smallest absolute Gasteiger partial charge is 0.275 e. The average molecular weight is 447 g/mol. The first-order chi connectivity index (χ1) is 16.1. The van der Waals surface area contributed by atoms with Gasteiger partial charge in [0.1, 0.15) is 23.0 Å². The van der Waals surface area contributed by atoms with E-state index in [0.29, 0.717) is 35.8 Å². The third-order valence-electron chi connectivity index (χ3n) is 5.29. The van der Waals surface area contributed by atoms with Crippen LogP contribution in [0, 0.1) is 0 Å². The zero-order valence-electron chi connectivity index (χ0n) is 18.8. The maximum Gasteiger partial charge on any atom is 0.275 e. The molecule has 33 heavy (non-hydrogen) atoms. The first-order valence-electron chi connectivity index (χ1n) is 10.5.